The normalized spacial score (nSPS) is 17.5. The molecule has 0 spiro atoms. The van der Waals surface area contributed by atoms with Crippen molar-refractivity contribution in [2.24, 2.45) is 5.92 Å². The van der Waals surface area contributed by atoms with Gasteiger partial charge in [-0.05, 0) is 25.7 Å². The minimum absolute atomic E-state index is 0.390. The first-order valence-corrected chi connectivity index (χ1v) is 5.97. The van der Waals surface area contributed by atoms with E-state index in [0.29, 0.717) is 23.7 Å². The van der Waals surface area contributed by atoms with Crippen LogP contribution in [0.1, 0.15) is 45.4 Å². The van der Waals surface area contributed by atoms with Gasteiger partial charge in [-0.2, -0.15) is 0 Å². The average molecular weight is 220 g/mol. The monoisotopic (exact) mass is 220 g/mol. The molecule has 4 heteroatoms. The van der Waals surface area contributed by atoms with Gasteiger partial charge in [-0.3, -0.25) is 0 Å². The Hall–Kier alpha value is -1.32. The van der Waals surface area contributed by atoms with Crippen LogP contribution in [-0.4, -0.2) is 16.0 Å². The molecule has 1 unspecified atom stereocenters. The van der Waals surface area contributed by atoms with Crippen LogP contribution >= 0.6 is 0 Å². The molecular formula is C12H20N4. The number of aromatic nitrogens is 2. The van der Waals surface area contributed by atoms with Gasteiger partial charge in [0.15, 0.2) is 0 Å². The van der Waals surface area contributed by atoms with Gasteiger partial charge in [-0.1, -0.05) is 13.8 Å². The van der Waals surface area contributed by atoms with Crippen molar-refractivity contribution in [2.75, 3.05) is 11.1 Å². The number of nitrogens with two attached hydrogens (primary N) is 1. The molecule has 3 N–H and O–H groups in total. The fourth-order valence-electron chi connectivity index (χ4n) is 1.48. The van der Waals surface area contributed by atoms with Gasteiger partial charge in [0.2, 0.25) is 0 Å². The first-order chi connectivity index (χ1) is 7.56. The second kappa shape index (κ2) is 4.28. The fraction of sp³-hybridized carbons (Fsp3) is 0.667. The van der Waals surface area contributed by atoms with Crippen LogP contribution in [0.4, 0.5) is 11.6 Å². The minimum atomic E-state index is 0.390. The summed E-state index contributed by atoms with van der Waals surface area (Å²) < 4.78 is 0. The topological polar surface area (TPSA) is 63.8 Å². The van der Waals surface area contributed by atoms with Crippen LogP contribution in [0.5, 0.6) is 0 Å². The molecule has 0 saturated heterocycles. The van der Waals surface area contributed by atoms with E-state index in [1.807, 2.05) is 6.07 Å². The highest BCUT2D eigenvalue weighted by Crippen LogP contribution is 2.38. The zero-order valence-electron chi connectivity index (χ0n) is 10.2. The Kier molecular flexibility index (Phi) is 2.99. The van der Waals surface area contributed by atoms with E-state index in [0.717, 1.165) is 11.6 Å². The first-order valence-electron chi connectivity index (χ1n) is 5.97. The summed E-state index contributed by atoms with van der Waals surface area (Å²) in [5.74, 6) is 3.43. The van der Waals surface area contributed by atoms with Crippen molar-refractivity contribution in [3.05, 3.63) is 11.9 Å². The van der Waals surface area contributed by atoms with Gasteiger partial charge in [0, 0.05) is 18.0 Å². The summed E-state index contributed by atoms with van der Waals surface area (Å²) in [4.78, 5) is 8.79. The molecule has 0 bridgehead atoms. The van der Waals surface area contributed by atoms with Crippen molar-refractivity contribution in [2.45, 2.75) is 45.6 Å². The van der Waals surface area contributed by atoms with E-state index in [1.54, 1.807) is 0 Å². The molecule has 1 aliphatic rings. The number of hydrogen-bond donors (Lipinski definition) is 2. The molecule has 1 aromatic heterocycles. The minimum Gasteiger partial charge on any atom is -0.384 e. The Bertz CT molecular complexity index is 371. The highest BCUT2D eigenvalue weighted by Gasteiger charge is 2.27. The van der Waals surface area contributed by atoms with Crippen molar-refractivity contribution in [3.8, 4) is 0 Å². The molecule has 4 nitrogen and oxygen atoms in total. The summed E-state index contributed by atoms with van der Waals surface area (Å²) in [5, 5.41) is 3.37. The van der Waals surface area contributed by atoms with Crippen LogP contribution in [0.3, 0.4) is 0 Å². The van der Waals surface area contributed by atoms with Crippen LogP contribution in [0.25, 0.3) is 0 Å². The average Bonchev–Trinajstić information content (AvgIpc) is 2.99. The Morgan fingerprint density at radius 1 is 1.31 bits per heavy atom. The first kappa shape index (κ1) is 11.2. The summed E-state index contributed by atoms with van der Waals surface area (Å²) in [6.45, 7) is 6.52. The molecule has 0 radical (unpaired) electrons. The van der Waals surface area contributed by atoms with Crippen LogP contribution in [0.2, 0.25) is 0 Å². The van der Waals surface area contributed by atoms with Crippen molar-refractivity contribution in [1.82, 2.24) is 9.97 Å². The zero-order chi connectivity index (χ0) is 11.7. The van der Waals surface area contributed by atoms with E-state index in [4.69, 9.17) is 5.73 Å². The number of nitrogens with one attached hydrogen (secondary N) is 1. The molecular weight excluding hydrogens is 200 g/mol. The molecule has 1 aliphatic carbocycles. The van der Waals surface area contributed by atoms with Crippen LogP contribution in [0, 0.1) is 5.92 Å². The molecule has 1 atom stereocenters. The molecule has 0 aliphatic heterocycles. The zero-order valence-corrected chi connectivity index (χ0v) is 10.2. The molecule has 1 aromatic rings. The molecule has 0 amide bonds. The number of nitrogen functional groups attached to an aromatic ring is 1. The van der Waals surface area contributed by atoms with E-state index >= 15 is 0 Å². The molecule has 16 heavy (non-hydrogen) atoms. The van der Waals surface area contributed by atoms with Crippen LogP contribution in [-0.2, 0) is 0 Å². The van der Waals surface area contributed by atoms with Crippen molar-refractivity contribution in [3.63, 3.8) is 0 Å². The number of anilines is 2. The lowest BCUT2D eigenvalue weighted by Crippen LogP contribution is -2.22. The largest absolute Gasteiger partial charge is 0.384 e. The predicted molar refractivity (Wildman–Crippen MR) is 66.3 cm³/mol. The lowest BCUT2D eigenvalue weighted by molar-refractivity contribution is 0.558. The van der Waals surface area contributed by atoms with Crippen molar-refractivity contribution < 1.29 is 0 Å². The van der Waals surface area contributed by atoms with E-state index in [9.17, 15) is 0 Å². The summed E-state index contributed by atoms with van der Waals surface area (Å²) in [6.07, 6.45) is 2.39. The van der Waals surface area contributed by atoms with E-state index < -0.39 is 0 Å². The summed E-state index contributed by atoms with van der Waals surface area (Å²) >= 11 is 0. The van der Waals surface area contributed by atoms with Gasteiger partial charge < -0.3 is 11.1 Å². The maximum absolute atomic E-state index is 5.79. The number of nitrogens with zero attached hydrogens (tertiary/aromatic N) is 2. The Morgan fingerprint density at radius 3 is 2.56 bits per heavy atom. The second-order valence-electron chi connectivity index (χ2n) is 4.99. The van der Waals surface area contributed by atoms with Gasteiger partial charge >= 0.3 is 0 Å². The molecule has 1 fully saturated rings. The highest BCUT2D eigenvalue weighted by atomic mass is 15.1. The SMILES string of the molecule is CC(C)C(C)Nc1cc(N)nc(C2CC2)n1. The van der Waals surface area contributed by atoms with Crippen LogP contribution < -0.4 is 11.1 Å². The highest BCUT2D eigenvalue weighted by molar-refractivity contribution is 5.45. The van der Waals surface area contributed by atoms with Crippen molar-refractivity contribution >= 4 is 11.6 Å². The maximum atomic E-state index is 5.79. The van der Waals surface area contributed by atoms with Crippen molar-refractivity contribution in [1.29, 1.82) is 0 Å². The van der Waals surface area contributed by atoms with Crippen LogP contribution in [0.15, 0.2) is 6.07 Å². The van der Waals surface area contributed by atoms with Gasteiger partial charge in [0.25, 0.3) is 0 Å². The van der Waals surface area contributed by atoms with E-state index in [2.05, 4.69) is 36.1 Å². The third-order valence-corrected chi connectivity index (χ3v) is 3.08. The van der Waals surface area contributed by atoms with E-state index in [-0.39, 0.29) is 0 Å². The molecule has 2 rings (SSSR count). The second-order valence-corrected chi connectivity index (χ2v) is 4.99. The molecule has 0 aromatic carbocycles. The quantitative estimate of drug-likeness (QED) is 0.817. The number of hydrogen-bond acceptors (Lipinski definition) is 4. The summed E-state index contributed by atoms with van der Waals surface area (Å²) in [6, 6.07) is 2.20. The lowest BCUT2D eigenvalue weighted by Gasteiger charge is -2.18. The smallest absolute Gasteiger partial charge is 0.136 e. The van der Waals surface area contributed by atoms with E-state index in [1.165, 1.54) is 12.8 Å². The maximum Gasteiger partial charge on any atom is 0.136 e. The summed E-state index contributed by atoms with van der Waals surface area (Å²) in [7, 11) is 0. The third kappa shape index (κ3) is 2.62. The number of rotatable bonds is 4. The standard InChI is InChI=1S/C12H20N4/c1-7(2)8(3)14-11-6-10(13)15-12(16-11)9-4-5-9/h6-9H,4-5H2,1-3H3,(H3,13,14,15,16). The Labute approximate surface area is 96.7 Å². The van der Waals surface area contributed by atoms with Gasteiger partial charge in [-0.25, -0.2) is 9.97 Å². The van der Waals surface area contributed by atoms with Gasteiger partial charge in [0.05, 0.1) is 0 Å². The Balaban J connectivity index is 2.13. The van der Waals surface area contributed by atoms with Gasteiger partial charge in [0.1, 0.15) is 17.5 Å². The molecule has 88 valence electrons. The van der Waals surface area contributed by atoms with Gasteiger partial charge in [-0.15, -0.1) is 0 Å². The molecule has 1 heterocycles. The Morgan fingerprint density at radius 2 is 2.00 bits per heavy atom. The fourth-order valence-corrected chi connectivity index (χ4v) is 1.48. The molecule has 1 saturated carbocycles. The summed E-state index contributed by atoms with van der Waals surface area (Å²) in [5.41, 5.74) is 5.79. The predicted octanol–water partition coefficient (Wildman–Crippen LogP) is 2.39. The lowest BCUT2D eigenvalue weighted by atomic mass is 10.1. The third-order valence-electron chi connectivity index (χ3n) is 3.08.